The summed E-state index contributed by atoms with van der Waals surface area (Å²) < 4.78 is 2.85. The lowest BCUT2D eigenvalue weighted by molar-refractivity contribution is -0.122. The van der Waals surface area contributed by atoms with Crippen LogP contribution in [0.25, 0.3) is 10.1 Å². The van der Waals surface area contributed by atoms with Crippen LogP contribution in [0.1, 0.15) is 4.88 Å². The maximum Gasteiger partial charge on any atom is 0.241 e. The molecule has 1 aromatic carbocycles. The van der Waals surface area contributed by atoms with E-state index >= 15 is 0 Å². The van der Waals surface area contributed by atoms with Crippen LogP contribution < -0.4 is 10.6 Å². The van der Waals surface area contributed by atoms with E-state index < -0.39 is 0 Å². The van der Waals surface area contributed by atoms with Crippen molar-refractivity contribution >= 4 is 33.0 Å². The van der Waals surface area contributed by atoms with Gasteiger partial charge >= 0.3 is 0 Å². The molecule has 6 nitrogen and oxygen atoms in total. The van der Waals surface area contributed by atoms with Crippen molar-refractivity contribution in [2.24, 2.45) is 0 Å². The molecule has 120 valence electrons. The smallest absolute Gasteiger partial charge is 0.241 e. The van der Waals surface area contributed by atoms with E-state index in [9.17, 15) is 4.79 Å². The fourth-order valence-electron chi connectivity index (χ4n) is 2.25. The number of thiophene rings is 1. The van der Waals surface area contributed by atoms with Crippen LogP contribution in [0, 0.1) is 0 Å². The SMILES string of the molecule is O=C(Cn1cc(NCc2cc3ccccc3s2)cn1)NCCO. The summed E-state index contributed by atoms with van der Waals surface area (Å²) in [6.07, 6.45) is 3.50. The number of nitrogens with one attached hydrogen (secondary N) is 2. The largest absolute Gasteiger partial charge is 0.395 e. The third kappa shape index (κ3) is 4.08. The molecule has 1 amide bonds. The van der Waals surface area contributed by atoms with Crippen molar-refractivity contribution in [2.45, 2.75) is 13.1 Å². The Kier molecular flexibility index (Phi) is 4.89. The van der Waals surface area contributed by atoms with E-state index in [1.807, 2.05) is 12.1 Å². The number of fused-ring (bicyclic) bond motifs is 1. The second kappa shape index (κ2) is 7.26. The van der Waals surface area contributed by atoms with Crippen molar-refractivity contribution in [3.63, 3.8) is 0 Å². The molecule has 0 radical (unpaired) electrons. The summed E-state index contributed by atoms with van der Waals surface area (Å²) in [4.78, 5) is 12.8. The van der Waals surface area contributed by atoms with Gasteiger partial charge in [-0.1, -0.05) is 18.2 Å². The molecular formula is C16H18N4O2S. The van der Waals surface area contributed by atoms with E-state index in [2.05, 4.69) is 33.9 Å². The Morgan fingerprint density at radius 3 is 3.04 bits per heavy atom. The molecule has 3 aromatic rings. The quantitative estimate of drug-likeness (QED) is 0.617. The van der Waals surface area contributed by atoms with Gasteiger partial charge in [0.1, 0.15) is 6.54 Å². The number of nitrogens with zero attached hydrogens (tertiary/aromatic N) is 2. The van der Waals surface area contributed by atoms with Crippen molar-refractivity contribution < 1.29 is 9.90 Å². The van der Waals surface area contributed by atoms with Gasteiger partial charge < -0.3 is 15.7 Å². The third-order valence-corrected chi connectivity index (χ3v) is 4.43. The fraction of sp³-hybridized carbons (Fsp3) is 0.250. The van der Waals surface area contributed by atoms with Crippen molar-refractivity contribution in [2.75, 3.05) is 18.5 Å². The number of aliphatic hydroxyl groups excluding tert-OH is 1. The first-order valence-electron chi connectivity index (χ1n) is 7.36. The molecule has 0 aliphatic carbocycles. The first-order chi connectivity index (χ1) is 11.2. The van der Waals surface area contributed by atoms with Gasteiger partial charge in [0.05, 0.1) is 18.5 Å². The molecule has 0 saturated heterocycles. The van der Waals surface area contributed by atoms with Crippen LogP contribution in [0.2, 0.25) is 0 Å². The molecule has 0 spiro atoms. The van der Waals surface area contributed by atoms with Crippen LogP contribution in [-0.4, -0.2) is 33.9 Å². The highest BCUT2D eigenvalue weighted by atomic mass is 32.1. The summed E-state index contributed by atoms with van der Waals surface area (Å²) in [5, 5.41) is 20.0. The Bertz CT molecular complexity index is 763. The number of rotatable bonds is 7. The number of aliphatic hydroxyl groups is 1. The predicted octanol–water partition coefficient (Wildman–Crippen LogP) is 1.82. The van der Waals surface area contributed by atoms with Crippen molar-refractivity contribution in [3.8, 4) is 0 Å². The molecule has 0 bridgehead atoms. The van der Waals surface area contributed by atoms with Gasteiger partial charge in [-0.05, 0) is 17.5 Å². The minimum atomic E-state index is -0.168. The lowest BCUT2D eigenvalue weighted by Gasteiger charge is -2.03. The predicted molar refractivity (Wildman–Crippen MR) is 91.5 cm³/mol. The maximum absolute atomic E-state index is 11.6. The molecule has 0 aliphatic heterocycles. The fourth-order valence-corrected chi connectivity index (χ4v) is 3.26. The lowest BCUT2D eigenvalue weighted by atomic mass is 10.2. The Balaban J connectivity index is 1.55. The van der Waals surface area contributed by atoms with Crippen molar-refractivity contribution in [3.05, 3.63) is 47.6 Å². The standard InChI is InChI=1S/C16H18N4O2S/c21-6-5-17-16(22)11-20-10-13(8-19-20)18-9-14-7-12-3-1-2-4-15(12)23-14/h1-4,7-8,10,18,21H,5-6,9,11H2,(H,17,22). The van der Waals surface area contributed by atoms with E-state index in [4.69, 9.17) is 5.11 Å². The summed E-state index contributed by atoms with van der Waals surface area (Å²) in [7, 11) is 0. The minimum absolute atomic E-state index is 0.0627. The van der Waals surface area contributed by atoms with Crippen LogP contribution in [0.5, 0.6) is 0 Å². The molecule has 3 N–H and O–H groups in total. The molecule has 3 rings (SSSR count). The number of amides is 1. The average Bonchev–Trinajstić information content (AvgIpc) is 3.16. The molecule has 0 saturated carbocycles. The Hall–Kier alpha value is -2.38. The Labute approximate surface area is 137 Å². The Morgan fingerprint density at radius 2 is 2.22 bits per heavy atom. The van der Waals surface area contributed by atoms with Crippen LogP contribution in [-0.2, 0) is 17.9 Å². The van der Waals surface area contributed by atoms with Crippen LogP contribution >= 0.6 is 11.3 Å². The monoisotopic (exact) mass is 330 g/mol. The zero-order chi connectivity index (χ0) is 16.1. The highest BCUT2D eigenvalue weighted by Gasteiger charge is 2.05. The van der Waals surface area contributed by atoms with E-state index in [-0.39, 0.29) is 25.6 Å². The van der Waals surface area contributed by atoms with Gasteiger partial charge in [0, 0.05) is 28.9 Å². The average molecular weight is 330 g/mol. The molecule has 0 unspecified atom stereocenters. The molecule has 0 atom stereocenters. The number of carbonyl (C=O) groups is 1. The topological polar surface area (TPSA) is 79.2 Å². The molecule has 7 heteroatoms. The second-order valence-electron chi connectivity index (χ2n) is 5.10. The van der Waals surface area contributed by atoms with E-state index in [1.165, 1.54) is 15.0 Å². The summed E-state index contributed by atoms with van der Waals surface area (Å²) in [6, 6.07) is 10.5. The highest BCUT2D eigenvalue weighted by molar-refractivity contribution is 7.19. The van der Waals surface area contributed by atoms with E-state index in [0.29, 0.717) is 0 Å². The van der Waals surface area contributed by atoms with Gasteiger partial charge in [-0.3, -0.25) is 9.48 Å². The lowest BCUT2D eigenvalue weighted by Crippen LogP contribution is -2.30. The molecule has 0 fully saturated rings. The molecule has 0 aliphatic rings. The number of hydrogen-bond acceptors (Lipinski definition) is 5. The molecule has 2 heterocycles. The summed E-state index contributed by atoms with van der Waals surface area (Å²) in [5.74, 6) is -0.168. The number of anilines is 1. The molecular weight excluding hydrogens is 312 g/mol. The van der Waals surface area contributed by atoms with Gasteiger partial charge in [0.15, 0.2) is 0 Å². The summed E-state index contributed by atoms with van der Waals surface area (Å²) >= 11 is 1.77. The zero-order valence-electron chi connectivity index (χ0n) is 12.5. The van der Waals surface area contributed by atoms with E-state index in [0.717, 1.165) is 12.2 Å². The van der Waals surface area contributed by atoms with E-state index in [1.54, 1.807) is 28.4 Å². The molecule has 23 heavy (non-hydrogen) atoms. The van der Waals surface area contributed by atoms with Crippen LogP contribution in [0.4, 0.5) is 5.69 Å². The van der Waals surface area contributed by atoms with Gasteiger partial charge in [0.2, 0.25) is 5.91 Å². The number of carbonyl (C=O) groups excluding carboxylic acids is 1. The molecule has 2 aromatic heterocycles. The number of benzene rings is 1. The number of aromatic nitrogens is 2. The van der Waals surface area contributed by atoms with Gasteiger partial charge in [-0.25, -0.2) is 0 Å². The first-order valence-corrected chi connectivity index (χ1v) is 8.17. The highest BCUT2D eigenvalue weighted by Crippen LogP contribution is 2.25. The normalized spacial score (nSPS) is 10.8. The first kappa shape index (κ1) is 15.5. The minimum Gasteiger partial charge on any atom is -0.395 e. The van der Waals surface area contributed by atoms with Crippen molar-refractivity contribution in [1.29, 1.82) is 0 Å². The van der Waals surface area contributed by atoms with Crippen LogP contribution in [0.3, 0.4) is 0 Å². The maximum atomic E-state index is 11.6. The second-order valence-corrected chi connectivity index (χ2v) is 6.27. The Morgan fingerprint density at radius 1 is 1.35 bits per heavy atom. The van der Waals surface area contributed by atoms with Gasteiger partial charge in [-0.15, -0.1) is 11.3 Å². The van der Waals surface area contributed by atoms with Crippen molar-refractivity contribution in [1.82, 2.24) is 15.1 Å². The van der Waals surface area contributed by atoms with Crippen LogP contribution in [0.15, 0.2) is 42.7 Å². The van der Waals surface area contributed by atoms with Gasteiger partial charge in [-0.2, -0.15) is 5.10 Å². The third-order valence-electron chi connectivity index (χ3n) is 3.32. The summed E-state index contributed by atoms with van der Waals surface area (Å²) in [6.45, 7) is 1.07. The number of hydrogen-bond donors (Lipinski definition) is 3. The summed E-state index contributed by atoms with van der Waals surface area (Å²) in [5.41, 5.74) is 0.873. The zero-order valence-corrected chi connectivity index (χ0v) is 13.3. The van der Waals surface area contributed by atoms with Gasteiger partial charge in [0.25, 0.3) is 0 Å².